The second-order valence-corrected chi connectivity index (χ2v) is 3.42. The minimum Gasteiger partial charge on any atom is -0.459 e. The Morgan fingerprint density at radius 1 is 1.50 bits per heavy atom. The first-order valence-electron chi connectivity index (χ1n) is 4.09. The van der Waals surface area contributed by atoms with Crippen molar-refractivity contribution in [2.75, 3.05) is 0 Å². The fourth-order valence-corrected chi connectivity index (χ4v) is 0.815. The summed E-state index contributed by atoms with van der Waals surface area (Å²) in [6.07, 6.45) is 1.38. The van der Waals surface area contributed by atoms with Crippen LogP contribution in [-0.2, 0) is 4.79 Å². The highest BCUT2D eigenvalue weighted by Crippen LogP contribution is 2.05. The number of nitrogens with two attached hydrogens (primary N) is 1. The Morgan fingerprint density at radius 3 is 2.57 bits per heavy atom. The molecule has 0 saturated carbocycles. The van der Waals surface area contributed by atoms with Crippen LogP contribution in [0.1, 0.15) is 24.4 Å². The molecule has 1 heterocycles. The molecule has 5 heteroatoms. The van der Waals surface area contributed by atoms with Crippen molar-refractivity contribution in [3.8, 4) is 0 Å². The second kappa shape index (κ2) is 3.53. The summed E-state index contributed by atoms with van der Waals surface area (Å²) in [5.41, 5.74) is 4.01. The van der Waals surface area contributed by atoms with Gasteiger partial charge in [-0.2, -0.15) is 0 Å². The van der Waals surface area contributed by atoms with Crippen LogP contribution in [0.4, 0.5) is 0 Å². The molecule has 1 aromatic rings. The van der Waals surface area contributed by atoms with Crippen LogP contribution in [0.25, 0.3) is 0 Å². The van der Waals surface area contributed by atoms with Crippen molar-refractivity contribution >= 4 is 11.8 Å². The zero-order chi connectivity index (χ0) is 10.8. The van der Waals surface area contributed by atoms with Crippen molar-refractivity contribution in [1.82, 2.24) is 5.32 Å². The van der Waals surface area contributed by atoms with E-state index < -0.39 is 17.4 Å². The first-order chi connectivity index (χ1) is 6.43. The third kappa shape index (κ3) is 2.12. The van der Waals surface area contributed by atoms with Gasteiger partial charge in [0, 0.05) is 0 Å². The summed E-state index contributed by atoms with van der Waals surface area (Å²) in [6.45, 7) is 3.05. The summed E-state index contributed by atoms with van der Waals surface area (Å²) in [7, 11) is 0. The highest BCUT2D eigenvalue weighted by atomic mass is 16.3. The highest BCUT2D eigenvalue weighted by molar-refractivity contribution is 5.96. The van der Waals surface area contributed by atoms with Crippen LogP contribution in [0.2, 0.25) is 0 Å². The Kier molecular flexibility index (Phi) is 2.60. The Hall–Kier alpha value is -1.78. The van der Waals surface area contributed by atoms with Crippen LogP contribution in [0, 0.1) is 0 Å². The molecule has 3 N–H and O–H groups in total. The predicted octanol–water partition coefficient (Wildman–Crippen LogP) is 0.273. The lowest BCUT2D eigenvalue weighted by molar-refractivity contribution is -0.122. The molecule has 0 aliphatic carbocycles. The average molecular weight is 196 g/mol. The van der Waals surface area contributed by atoms with Gasteiger partial charge < -0.3 is 15.5 Å². The molecule has 0 atom stereocenters. The van der Waals surface area contributed by atoms with E-state index in [-0.39, 0.29) is 5.76 Å². The number of primary amides is 1. The largest absolute Gasteiger partial charge is 0.459 e. The summed E-state index contributed by atoms with van der Waals surface area (Å²) in [6, 6.07) is 3.10. The molecule has 2 amide bonds. The number of carbonyl (C=O) groups is 2. The normalized spacial score (nSPS) is 11.0. The van der Waals surface area contributed by atoms with Crippen LogP contribution in [0.3, 0.4) is 0 Å². The SMILES string of the molecule is CC(C)(NC(=O)c1ccco1)C(N)=O. The van der Waals surface area contributed by atoms with Crippen LogP contribution in [0.15, 0.2) is 22.8 Å². The van der Waals surface area contributed by atoms with Crippen molar-refractivity contribution in [3.05, 3.63) is 24.2 Å². The topological polar surface area (TPSA) is 85.3 Å². The van der Waals surface area contributed by atoms with Gasteiger partial charge in [0.05, 0.1) is 6.26 Å². The number of carbonyl (C=O) groups excluding carboxylic acids is 2. The molecule has 14 heavy (non-hydrogen) atoms. The van der Waals surface area contributed by atoms with Crippen LogP contribution in [-0.4, -0.2) is 17.4 Å². The number of hydrogen-bond acceptors (Lipinski definition) is 3. The zero-order valence-electron chi connectivity index (χ0n) is 8.03. The van der Waals surface area contributed by atoms with Crippen LogP contribution >= 0.6 is 0 Å². The van der Waals surface area contributed by atoms with Crippen LogP contribution < -0.4 is 11.1 Å². The van der Waals surface area contributed by atoms with Gasteiger partial charge in [-0.25, -0.2) is 0 Å². The van der Waals surface area contributed by atoms with Crippen molar-refractivity contribution in [3.63, 3.8) is 0 Å². The minimum absolute atomic E-state index is 0.152. The van der Waals surface area contributed by atoms with Crippen molar-refractivity contribution in [2.45, 2.75) is 19.4 Å². The third-order valence-corrected chi connectivity index (χ3v) is 1.79. The van der Waals surface area contributed by atoms with E-state index in [1.54, 1.807) is 6.07 Å². The van der Waals surface area contributed by atoms with E-state index in [1.165, 1.54) is 26.2 Å². The summed E-state index contributed by atoms with van der Waals surface area (Å²) >= 11 is 0. The Balaban J connectivity index is 2.71. The summed E-state index contributed by atoms with van der Waals surface area (Å²) < 4.78 is 4.86. The lowest BCUT2D eigenvalue weighted by atomic mass is 10.1. The smallest absolute Gasteiger partial charge is 0.287 e. The third-order valence-electron chi connectivity index (χ3n) is 1.79. The summed E-state index contributed by atoms with van der Waals surface area (Å²) in [5, 5.41) is 2.45. The van der Waals surface area contributed by atoms with Gasteiger partial charge in [0.25, 0.3) is 5.91 Å². The fourth-order valence-electron chi connectivity index (χ4n) is 0.815. The molecule has 0 radical (unpaired) electrons. The molecule has 0 aromatic carbocycles. The lowest BCUT2D eigenvalue weighted by Gasteiger charge is -2.21. The van der Waals surface area contributed by atoms with Gasteiger partial charge in [-0.1, -0.05) is 0 Å². The first-order valence-corrected chi connectivity index (χ1v) is 4.09. The molecule has 0 unspecified atom stereocenters. The second-order valence-electron chi connectivity index (χ2n) is 3.42. The number of amides is 2. The molecule has 0 spiro atoms. The van der Waals surface area contributed by atoms with Gasteiger partial charge in [-0.3, -0.25) is 9.59 Å². The molecule has 0 aliphatic rings. The molecule has 0 saturated heterocycles. The van der Waals surface area contributed by atoms with Gasteiger partial charge in [0.2, 0.25) is 5.91 Å². The average Bonchev–Trinajstić information content (AvgIpc) is 2.54. The first kappa shape index (κ1) is 10.3. The van der Waals surface area contributed by atoms with Gasteiger partial charge in [-0.15, -0.1) is 0 Å². The number of hydrogen-bond donors (Lipinski definition) is 2. The standard InChI is InChI=1S/C9H12N2O3/c1-9(2,8(10)13)11-7(12)6-4-3-5-14-6/h3-5H,1-2H3,(H2,10,13)(H,11,12). The van der Waals surface area contributed by atoms with Crippen molar-refractivity contribution in [2.24, 2.45) is 5.73 Å². The van der Waals surface area contributed by atoms with Gasteiger partial charge in [0.1, 0.15) is 5.54 Å². The molecule has 1 aromatic heterocycles. The van der Waals surface area contributed by atoms with Gasteiger partial charge in [0.15, 0.2) is 5.76 Å². The molecule has 0 aliphatic heterocycles. The quantitative estimate of drug-likeness (QED) is 0.727. The predicted molar refractivity (Wildman–Crippen MR) is 49.4 cm³/mol. The van der Waals surface area contributed by atoms with E-state index >= 15 is 0 Å². The highest BCUT2D eigenvalue weighted by Gasteiger charge is 2.27. The summed E-state index contributed by atoms with van der Waals surface area (Å²) in [5.74, 6) is -0.907. The Labute approximate surface area is 81.3 Å². The van der Waals surface area contributed by atoms with Gasteiger partial charge >= 0.3 is 0 Å². The molecule has 0 bridgehead atoms. The maximum Gasteiger partial charge on any atom is 0.287 e. The number of furan rings is 1. The fraction of sp³-hybridized carbons (Fsp3) is 0.333. The molecule has 0 fully saturated rings. The number of nitrogens with one attached hydrogen (secondary N) is 1. The molecule has 76 valence electrons. The monoisotopic (exact) mass is 196 g/mol. The number of rotatable bonds is 3. The molecular formula is C9H12N2O3. The van der Waals surface area contributed by atoms with E-state index in [4.69, 9.17) is 10.2 Å². The van der Waals surface area contributed by atoms with E-state index in [0.29, 0.717) is 0 Å². The maximum atomic E-state index is 11.4. The maximum absolute atomic E-state index is 11.4. The zero-order valence-corrected chi connectivity index (χ0v) is 8.03. The van der Waals surface area contributed by atoms with E-state index in [9.17, 15) is 9.59 Å². The Bertz CT molecular complexity index is 341. The van der Waals surface area contributed by atoms with E-state index in [0.717, 1.165) is 0 Å². The lowest BCUT2D eigenvalue weighted by Crippen LogP contribution is -2.52. The van der Waals surface area contributed by atoms with Crippen molar-refractivity contribution in [1.29, 1.82) is 0 Å². The van der Waals surface area contributed by atoms with Crippen molar-refractivity contribution < 1.29 is 14.0 Å². The van der Waals surface area contributed by atoms with Crippen LogP contribution in [0.5, 0.6) is 0 Å². The molecule has 5 nitrogen and oxygen atoms in total. The van der Waals surface area contributed by atoms with E-state index in [1.807, 2.05) is 0 Å². The van der Waals surface area contributed by atoms with Gasteiger partial charge in [-0.05, 0) is 26.0 Å². The minimum atomic E-state index is -1.08. The van der Waals surface area contributed by atoms with E-state index in [2.05, 4.69) is 5.32 Å². The Morgan fingerprint density at radius 2 is 2.14 bits per heavy atom. The molecule has 1 rings (SSSR count). The molecular weight excluding hydrogens is 184 g/mol. The summed E-state index contributed by atoms with van der Waals surface area (Å²) in [4.78, 5) is 22.3.